The number of aliphatic imine (C=N–C) groups is 2. The van der Waals surface area contributed by atoms with E-state index >= 15 is 0 Å². The van der Waals surface area contributed by atoms with Gasteiger partial charge in [-0.3, -0.25) is 10.3 Å². The van der Waals surface area contributed by atoms with Gasteiger partial charge in [0.2, 0.25) is 0 Å². The number of nitrogens with one attached hydrogen (secondary N) is 1. The van der Waals surface area contributed by atoms with Gasteiger partial charge in [-0.05, 0) is 41.0 Å². The molecule has 0 saturated carbocycles. The highest BCUT2D eigenvalue weighted by Gasteiger charge is 2.27. The van der Waals surface area contributed by atoms with E-state index in [9.17, 15) is 4.39 Å². The lowest BCUT2D eigenvalue weighted by Crippen LogP contribution is -2.40. The predicted molar refractivity (Wildman–Crippen MR) is 123 cm³/mol. The highest BCUT2D eigenvalue weighted by atomic mass is 19.1. The second kappa shape index (κ2) is 10.1. The molecule has 156 valence electrons. The molecule has 2 unspecified atom stereocenters. The van der Waals surface area contributed by atoms with Crippen molar-refractivity contribution in [2.45, 2.75) is 19.2 Å². The first-order valence-electron chi connectivity index (χ1n) is 10.3. The normalized spacial score (nSPS) is 19.2. The molecule has 0 fully saturated rings. The molecule has 2 aromatic carbocycles. The Morgan fingerprint density at radius 1 is 1.13 bits per heavy atom. The number of halogens is 1. The second-order valence-electron chi connectivity index (χ2n) is 7.35. The summed E-state index contributed by atoms with van der Waals surface area (Å²) in [7, 11) is 1.69. The summed E-state index contributed by atoms with van der Waals surface area (Å²) in [6, 6.07) is 14.6. The van der Waals surface area contributed by atoms with E-state index in [-0.39, 0.29) is 17.9 Å². The van der Waals surface area contributed by atoms with Crippen LogP contribution in [0.25, 0.3) is 5.57 Å². The van der Waals surface area contributed by atoms with Crippen molar-refractivity contribution in [3.05, 3.63) is 89.3 Å². The molecule has 1 aliphatic carbocycles. The van der Waals surface area contributed by atoms with Crippen molar-refractivity contribution >= 4 is 17.6 Å². The van der Waals surface area contributed by atoms with E-state index in [0.717, 1.165) is 28.0 Å². The van der Waals surface area contributed by atoms with E-state index in [1.165, 1.54) is 6.07 Å². The smallest absolute Gasteiger partial charge is 0.123 e. The SMILES string of the molecule is COCc1ccccc1C#CCCNC1N=CN=C2C=CC(c3cccc(F)c3)=CC21. The summed E-state index contributed by atoms with van der Waals surface area (Å²) in [5, 5.41) is 3.47. The van der Waals surface area contributed by atoms with Crippen molar-refractivity contribution in [3.8, 4) is 11.8 Å². The molecule has 2 aliphatic rings. The van der Waals surface area contributed by atoms with Gasteiger partial charge in [-0.2, -0.15) is 0 Å². The number of fused-ring (bicyclic) bond motifs is 1. The van der Waals surface area contributed by atoms with Crippen LogP contribution in [0.4, 0.5) is 4.39 Å². The molecule has 2 atom stereocenters. The molecule has 0 radical (unpaired) electrons. The maximum atomic E-state index is 13.6. The van der Waals surface area contributed by atoms with Crippen molar-refractivity contribution in [1.82, 2.24) is 5.32 Å². The molecule has 2 aromatic rings. The van der Waals surface area contributed by atoms with E-state index in [4.69, 9.17) is 4.74 Å². The molecule has 0 spiro atoms. The van der Waals surface area contributed by atoms with Crippen LogP contribution in [-0.2, 0) is 11.3 Å². The number of nitrogens with zero attached hydrogens (tertiary/aromatic N) is 2. The lowest BCUT2D eigenvalue weighted by molar-refractivity contribution is 0.184. The summed E-state index contributed by atoms with van der Waals surface area (Å²) in [5.41, 5.74) is 4.86. The summed E-state index contributed by atoms with van der Waals surface area (Å²) in [6.07, 6.45) is 8.24. The molecule has 1 heterocycles. The van der Waals surface area contributed by atoms with E-state index in [2.05, 4.69) is 33.2 Å². The highest BCUT2D eigenvalue weighted by Crippen LogP contribution is 2.27. The number of benzene rings is 2. The minimum absolute atomic E-state index is 0.00338. The lowest BCUT2D eigenvalue weighted by Gasteiger charge is -2.27. The van der Waals surface area contributed by atoms with Crippen LogP contribution >= 0.6 is 0 Å². The average Bonchev–Trinajstić information content (AvgIpc) is 2.80. The Hall–Kier alpha value is -3.33. The fraction of sp³-hybridized carbons (Fsp3) is 0.231. The number of ether oxygens (including phenoxy) is 1. The highest BCUT2D eigenvalue weighted by molar-refractivity contribution is 6.07. The maximum Gasteiger partial charge on any atom is 0.123 e. The van der Waals surface area contributed by atoms with Gasteiger partial charge in [0, 0.05) is 25.6 Å². The van der Waals surface area contributed by atoms with Gasteiger partial charge in [0.15, 0.2) is 0 Å². The first-order valence-corrected chi connectivity index (χ1v) is 10.3. The molecule has 1 aliphatic heterocycles. The average molecular weight is 413 g/mol. The van der Waals surface area contributed by atoms with E-state index in [0.29, 0.717) is 19.6 Å². The molecular formula is C26H24FN3O. The quantitative estimate of drug-likeness (QED) is 0.564. The fourth-order valence-corrected chi connectivity index (χ4v) is 3.67. The Balaban J connectivity index is 1.39. The van der Waals surface area contributed by atoms with Gasteiger partial charge in [0.05, 0.1) is 18.2 Å². The lowest BCUT2D eigenvalue weighted by atomic mass is 9.88. The fourth-order valence-electron chi connectivity index (χ4n) is 3.67. The van der Waals surface area contributed by atoms with Crippen LogP contribution in [0.5, 0.6) is 0 Å². The van der Waals surface area contributed by atoms with Crippen molar-refractivity contribution in [3.63, 3.8) is 0 Å². The molecule has 0 amide bonds. The largest absolute Gasteiger partial charge is 0.380 e. The zero-order valence-electron chi connectivity index (χ0n) is 17.4. The maximum absolute atomic E-state index is 13.6. The van der Waals surface area contributed by atoms with Crippen LogP contribution in [0.1, 0.15) is 23.1 Å². The summed E-state index contributed by atoms with van der Waals surface area (Å²) in [5.74, 6) is 6.23. The van der Waals surface area contributed by atoms with Gasteiger partial charge in [0.25, 0.3) is 0 Å². The third-order valence-electron chi connectivity index (χ3n) is 5.21. The van der Waals surface area contributed by atoms with Gasteiger partial charge < -0.3 is 4.74 Å². The number of allylic oxidation sites excluding steroid dienone is 3. The molecule has 0 saturated heterocycles. The Labute approximate surface area is 182 Å². The van der Waals surface area contributed by atoms with Crippen molar-refractivity contribution in [2.24, 2.45) is 15.9 Å². The van der Waals surface area contributed by atoms with Gasteiger partial charge in [-0.25, -0.2) is 9.38 Å². The third-order valence-corrected chi connectivity index (χ3v) is 5.21. The number of hydrogen-bond donors (Lipinski definition) is 1. The van der Waals surface area contributed by atoms with E-state index < -0.39 is 0 Å². The number of rotatable bonds is 6. The Morgan fingerprint density at radius 2 is 2.03 bits per heavy atom. The summed E-state index contributed by atoms with van der Waals surface area (Å²) >= 11 is 0. The molecule has 0 bridgehead atoms. The third kappa shape index (κ3) is 5.24. The molecule has 4 rings (SSSR count). The number of hydrogen-bond acceptors (Lipinski definition) is 4. The first kappa shape index (κ1) is 20.9. The van der Waals surface area contributed by atoms with Crippen LogP contribution in [0, 0.1) is 23.6 Å². The first-order chi connectivity index (χ1) is 15.2. The molecular weight excluding hydrogens is 389 g/mol. The molecule has 4 nitrogen and oxygen atoms in total. The van der Waals surface area contributed by atoms with Gasteiger partial charge >= 0.3 is 0 Å². The Bertz CT molecular complexity index is 1120. The minimum Gasteiger partial charge on any atom is -0.380 e. The van der Waals surface area contributed by atoms with Crippen LogP contribution < -0.4 is 5.32 Å². The number of methoxy groups -OCH3 is 1. The monoisotopic (exact) mass is 413 g/mol. The summed E-state index contributed by atoms with van der Waals surface area (Å²) in [4.78, 5) is 8.91. The van der Waals surface area contributed by atoms with Gasteiger partial charge in [-0.1, -0.05) is 54.3 Å². The Morgan fingerprint density at radius 3 is 2.90 bits per heavy atom. The van der Waals surface area contributed by atoms with Crippen LogP contribution in [0.3, 0.4) is 0 Å². The molecule has 31 heavy (non-hydrogen) atoms. The predicted octanol–water partition coefficient (Wildman–Crippen LogP) is 4.38. The molecule has 1 N–H and O–H groups in total. The summed E-state index contributed by atoms with van der Waals surface area (Å²) in [6.45, 7) is 1.26. The van der Waals surface area contributed by atoms with E-state index in [1.807, 2.05) is 42.5 Å². The van der Waals surface area contributed by atoms with Crippen LogP contribution in [-0.4, -0.2) is 31.9 Å². The van der Waals surface area contributed by atoms with Crippen LogP contribution in [0.2, 0.25) is 0 Å². The van der Waals surface area contributed by atoms with E-state index in [1.54, 1.807) is 25.6 Å². The second-order valence-corrected chi connectivity index (χ2v) is 7.35. The van der Waals surface area contributed by atoms with Crippen molar-refractivity contribution in [2.75, 3.05) is 13.7 Å². The Kier molecular flexibility index (Phi) is 6.83. The zero-order valence-corrected chi connectivity index (χ0v) is 17.4. The topological polar surface area (TPSA) is 46.0 Å². The van der Waals surface area contributed by atoms with Crippen molar-refractivity contribution < 1.29 is 9.13 Å². The van der Waals surface area contributed by atoms with Crippen molar-refractivity contribution in [1.29, 1.82) is 0 Å². The standard InChI is InChI=1S/C26H24FN3O/c1-31-17-22-9-3-2-7-19(22)8-4-5-14-28-26-24-16-21(12-13-25(24)29-18-30-26)20-10-6-11-23(27)15-20/h2-3,6-7,9-13,15-16,18,24,26,28H,5,14,17H2,1H3. The van der Waals surface area contributed by atoms with Gasteiger partial charge in [-0.15, -0.1) is 0 Å². The zero-order chi connectivity index (χ0) is 21.5. The van der Waals surface area contributed by atoms with Gasteiger partial charge in [0.1, 0.15) is 18.3 Å². The van der Waals surface area contributed by atoms with Crippen LogP contribution in [0.15, 0.2) is 76.7 Å². The molecule has 5 heteroatoms. The summed E-state index contributed by atoms with van der Waals surface area (Å²) < 4.78 is 18.9. The molecule has 0 aromatic heterocycles. The minimum atomic E-state index is -0.242.